The van der Waals surface area contributed by atoms with E-state index in [1.807, 2.05) is 88.2 Å². The highest BCUT2D eigenvalue weighted by molar-refractivity contribution is 5.69. The first-order valence-electron chi connectivity index (χ1n) is 11.9. The van der Waals surface area contributed by atoms with E-state index in [1.54, 1.807) is 14.2 Å². The van der Waals surface area contributed by atoms with Gasteiger partial charge in [-0.25, -0.2) is 19.3 Å². The van der Waals surface area contributed by atoms with E-state index in [0.717, 1.165) is 33.9 Å². The quantitative estimate of drug-likeness (QED) is 0.285. The third-order valence-corrected chi connectivity index (χ3v) is 5.80. The normalized spacial score (nSPS) is 11.2. The van der Waals surface area contributed by atoms with Crippen molar-refractivity contribution in [2.24, 2.45) is 0 Å². The molecule has 0 amide bonds. The van der Waals surface area contributed by atoms with Gasteiger partial charge in [0.2, 0.25) is 0 Å². The largest absolute Gasteiger partial charge is 0.383 e. The Morgan fingerprint density at radius 1 is 0.556 bits per heavy atom. The summed E-state index contributed by atoms with van der Waals surface area (Å²) in [6, 6.07) is 28.2. The zero-order chi connectivity index (χ0) is 24.7. The van der Waals surface area contributed by atoms with Crippen LogP contribution in [0.25, 0.3) is 45.6 Å². The zero-order valence-corrected chi connectivity index (χ0v) is 20.4. The molecule has 0 unspecified atom stereocenters. The fraction of sp³-hybridized carbons (Fsp3) is 0.214. The minimum absolute atomic E-state index is 0.538. The topological polar surface area (TPSA) is 79.9 Å². The highest BCUT2D eigenvalue weighted by Crippen LogP contribution is 2.28. The Morgan fingerprint density at radius 2 is 0.972 bits per heavy atom. The summed E-state index contributed by atoms with van der Waals surface area (Å²) < 4.78 is 14.4. The average Bonchev–Trinajstić information content (AvgIpc) is 3.57. The van der Waals surface area contributed by atoms with Crippen molar-refractivity contribution in [2.75, 3.05) is 27.4 Å². The molecule has 0 radical (unpaired) electrons. The number of rotatable bonds is 10. The second-order valence-electron chi connectivity index (χ2n) is 8.26. The van der Waals surface area contributed by atoms with E-state index in [4.69, 9.17) is 29.6 Å². The molecule has 182 valence electrons. The van der Waals surface area contributed by atoms with Gasteiger partial charge < -0.3 is 9.47 Å². The second kappa shape index (κ2) is 11.1. The van der Waals surface area contributed by atoms with E-state index < -0.39 is 0 Å². The first kappa shape index (κ1) is 23.6. The lowest BCUT2D eigenvalue weighted by molar-refractivity contribution is 0.184. The molecule has 8 nitrogen and oxygen atoms in total. The molecule has 0 saturated heterocycles. The smallest absolute Gasteiger partial charge is 0.181 e. The Labute approximate surface area is 210 Å². The molecule has 0 atom stereocenters. The number of nitrogens with zero attached hydrogens (tertiary/aromatic N) is 6. The molecule has 0 bridgehead atoms. The molecule has 3 aromatic carbocycles. The summed E-state index contributed by atoms with van der Waals surface area (Å²) in [5, 5.41) is 9.55. The molecule has 36 heavy (non-hydrogen) atoms. The standard InChI is InChI=1S/C28H28N6O2/c1-35-18-16-33-27(29-25(31-33)21-10-5-3-6-11-21)23-14-9-15-24(20-23)28-30-26(22-12-7-4-8-13-22)32-34(28)17-19-36-2/h3-15,20H,16-19H2,1-2H3. The van der Waals surface area contributed by atoms with Gasteiger partial charge in [-0.1, -0.05) is 78.9 Å². The molecular weight excluding hydrogens is 452 g/mol. The summed E-state index contributed by atoms with van der Waals surface area (Å²) in [5.74, 6) is 2.92. The van der Waals surface area contributed by atoms with Crippen molar-refractivity contribution in [3.05, 3.63) is 84.9 Å². The maximum absolute atomic E-state index is 5.32. The van der Waals surface area contributed by atoms with Gasteiger partial charge in [0.05, 0.1) is 26.3 Å². The maximum atomic E-state index is 5.32. The third kappa shape index (κ3) is 5.10. The number of hydrogen-bond donors (Lipinski definition) is 0. The molecule has 0 fully saturated rings. The van der Waals surface area contributed by atoms with Crippen molar-refractivity contribution in [3.63, 3.8) is 0 Å². The Hall–Kier alpha value is -4.14. The molecular formula is C28H28N6O2. The lowest BCUT2D eigenvalue weighted by atomic mass is 10.1. The van der Waals surface area contributed by atoms with Crippen molar-refractivity contribution >= 4 is 0 Å². The molecule has 8 heteroatoms. The van der Waals surface area contributed by atoms with Crippen LogP contribution in [0.1, 0.15) is 0 Å². The number of hydrogen-bond acceptors (Lipinski definition) is 6. The minimum Gasteiger partial charge on any atom is -0.383 e. The highest BCUT2D eigenvalue weighted by atomic mass is 16.5. The van der Waals surface area contributed by atoms with Crippen LogP contribution in [0.2, 0.25) is 0 Å². The van der Waals surface area contributed by atoms with Crippen LogP contribution in [0.3, 0.4) is 0 Å². The van der Waals surface area contributed by atoms with Crippen molar-refractivity contribution in [3.8, 4) is 45.6 Å². The fourth-order valence-corrected chi connectivity index (χ4v) is 4.00. The van der Waals surface area contributed by atoms with E-state index in [1.165, 1.54) is 0 Å². The van der Waals surface area contributed by atoms with Gasteiger partial charge in [-0.3, -0.25) is 0 Å². The molecule has 0 aliphatic rings. The average molecular weight is 481 g/mol. The van der Waals surface area contributed by atoms with Crippen LogP contribution in [-0.2, 0) is 22.6 Å². The lowest BCUT2D eigenvalue weighted by Crippen LogP contribution is -2.08. The summed E-state index contributed by atoms with van der Waals surface area (Å²) in [6.07, 6.45) is 0. The van der Waals surface area contributed by atoms with Crippen LogP contribution in [0.15, 0.2) is 84.9 Å². The Bertz CT molecular complexity index is 1310. The first-order valence-corrected chi connectivity index (χ1v) is 11.9. The van der Waals surface area contributed by atoms with Gasteiger partial charge in [-0.05, 0) is 6.07 Å². The van der Waals surface area contributed by atoms with Crippen LogP contribution < -0.4 is 0 Å². The summed E-state index contributed by atoms with van der Waals surface area (Å²) in [4.78, 5) is 9.79. The molecule has 0 spiro atoms. The van der Waals surface area contributed by atoms with Crippen molar-refractivity contribution in [1.82, 2.24) is 29.5 Å². The molecule has 2 heterocycles. The summed E-state index contributed by atoms with van der Waals surface area (Å²) >= 11 is 0. The molecule has 5 rings (SSSR count). The Morgan fingerprint density at radius 3 is 1.39 bits per heavy atom. The minimum atomic E-state index is 0.538. The summed E-state index contributed by atoms with van der Waals surface area (Å²) in [6.45, 7) is 2.27. The fourth-order valence-electron chi connectivity index (χ4n) is 4.00. The first-order chi connectivity index (χ1) is 17.8. The second-order valence-corrected chi connectivity index (χ2v) is 8.26. The Kier molecular flexibility index (Phi) is 7.25. The SMILES string of the molecule is COCCn1nc(-c2ccccc2)nc1-c1cccc(-c2nc(-c3ccccc3)nn2CCOC)c1. The number of methoxy groups -OCH3 is 2. The van der Waals surface area contributed by atoms with E-state index in [0.29, 0.717) is 38.0 Å². The van der Waals surface area contributed by atoms with E-state index in [9.17, 15) is 0 Å². The van der Waals surface area contributed by atoms with Gasteiger partial charge in [0, 0.05) is 36.5 Å². The number of aromatic nitrogens is 6. The lowest BCUT2D eigenvalue weighted by Gasteiger charge is -2.08. The van der Waals surface area contributed by atoms with Crippen molar-refractivity contribution in [2.45, 2.75) is 13.1 Å². The number of ether oxygens (including phenoxy) is 2. The monoisotopic (exact) mass is 480 g/mol. The van der Waals surface area contributed by atoms with Crippen LogP contribution in [0.5, 0.6) is 0 Å². The highest BCUT2D eigenvalue weighted by Gasteiger charge is 2.17. The van der Waals surface area contributed by atoms with Gasteiger partial charge >= 0.3 is 0 Å². The van der Waals surface area contributed by atoms with Gasteiger partial charge in [-0.15, -0.1) is 0 Å². The zero-order valence-electron chi connectivity index (χ0n) is 20.4. The summed E-state index contributed by atoms with van der Waals surface area (Å²) in [5.41, 5.74) is 3.83. The maximum Gasteiger partial charge on any atom is 0.181 e. The predicted molar refractivity (Wildman–Crippen MR) is 139 cm³/mol. The predicted octanol–water partition coefficient (Wildman–Crippen LogP) is 4.83. The van der Waals surface area contributed by atoms with Gasteiger partial charge in [0.15, 0.2) is 23.3 Å². The third-order valence-electron chi connectivity index (χ3n) is 5.80. The van der Waals surface area contributed by atoms with Crippen LogP contribution in [-0.4, -0.2) is 57.0 Å². The van der Waals surface area contributed by atoms with Crippen LogP contribution >= 0.6 is 0 Å². The van der Waals surface area contributed by atoms with Gasteiger partial charge in [-0.2, -0.15) is 10.2 Å². The molecule has 2 aromatic heterocycles. The van der Waals surface area contributed by atoms with Gasteiger partial charge in [0.1, 0.15) is 0 Å². The van der Waals surface area contributed by atoms with Crippen LogP contribution in [0.4, 0.5) is 0 Å². The molecule has 5 aromatic rings. The van der Waals surface area contributed by atoms with E-state index >= 15 is 0 Å². The molecule has 0 aliphatic carbocycles. The van der Waals surface area contributed by atoms with E-state index in [2.05, 4.69) is 6.07 Å². The molecule has 0 aliphatic heterocycles. The summed E-state index contributed by atoms with van der Waals surface area (Å²) in [7, 11) is 3.37. The molecule has 0 N–H and O–H groups in total. The molecule has 0 saturated carbocycles. The number of benzene rings is 3. The van der Waals surface area contributed by atoms with Crippen LogP contribution in [0, 0.1) is 0 Å². The van der Waals surface area contributed by atoms with E-state index in [-0.39, 0.29) is 0 Å². The Balaban J connectivity index is 1.56. The van der Waals surface area contributed by atoms with Crippen molar-refractivity contribution in [1.29, 1.82) is 0 Å². The van der Waals surface area contributed by atoms with Gasteiger partial charge in [0.25, 0.3) is 0 Å². The van der Waals surface area contributed by atoms with Crippen molar-refractivity contribution < 1.29 is 9.47 Å².